The predicted molar refractivity (Wildman–Crippen MR) is 142 cm³/mol. The topological polar surface area (TPSA) is 60.6 Å². The smallest absolute Gasteiger partial charge is 0.253 e. The van der Waals surface area contributed by atoms with Gasteiger partial charge in [-0.2, -0.15) is 0 Å². The predicted octanol–water partition coefficient (Wildman–Crippen LogP) is 4.00. The summed E-state index contributed by atoms with van der Waals surface area (Å²) in [5, 5.41) is 5.19. The molecule has 1 aromatic heterocycles. The monoisotopic (exact) mass is 478 g/mol. The second-order valence-corrected chi connectivity index (χ2v) is 9.36. The maximum Gasteiger partial charge on any atom is 0.253 e. The molecule has 2 N–H and O–H groups in total. The van der Waals surface area contributed by atoms with Crippen molar-refractivity contribution >= 4 is 28.2 Å². The van der Waals surface area contributed by atoms with Crippen molar-refractivity contribution in [2.24, 2.45) is 0 Å². The molecule has 1 saturated heterocycles. The van der Waals surface area contributed by atoms with E-state index >= 15 is 0 Å². The van der Waals surface area contributed by atoms with Crippen molar-refractivity contribution in [2.75, 3.05) is 39.4 Å². The average molecular weight is 479 g/mol. The van der Waals surface area contributed by atoms with Crippen LogP contribution in [0.25, 0.3) is 10.9 Å². The summed E-state index contributed by atoms with van der Waals surface area (Å²) in [6.07, 6.45) is 0.964. The van der Waals surface area contributed by atoms with Crippen LogP contribution in [-0.4, -0.2) is 59.3 Å². The van der Waals surface area contributed by atoms with Crippen LogP contribution in [0.5, 0.6) is 0 Å². The summed E-state index contributed by atoms with van der Waals surface area (Å²) in [6, 6.07) is 18.4. The summed E-state index contributed by atoms with van der Waals surface area (Å²) in [5.74, 6) is 0. The summed E-state index contributed by atoms with van der Waals surface area (Å²) < 4.78 is 5.47. The van der Waals surface area contributed by atoms with Gasteiger partial charge in [0.05, 0.1) is 31.3 Å². The van der Waals surface area contributed by atoms with Crippen LogP contribution in [0.4, 0.5) is 0 Å². The van der Waals surface area contributed by atoms with Crippen molar-refractivity contribution in [3.8, 4) is 0 Å². The molecule has 0 saturated carbocycles. The Bertz CT molecular complexity index is 1160. The van der Waals surface area contributed by atoms with Gasteiger partial charge >= 0.3 is 0 Å². The number of nitrogens with zero attached hydrogens (tertiary/aromatic N) is 2. The minimum absolute atomic E-state index is 0.0566. The molecule has 0 aliphatic carbocycles. The zero-order valence-corrected chi connectivity index (χ0v) is 20.9. The van der Waals surface area contributed by atoms with Crippen molar-refractivity contribution in [3.63, 3.8) is 0 Å². The quantitative estimate of drug-likeness (QED) is 0.478. The van der Waals surface area contributed by atoms with Gasteiger partial charge in [0, 0.05) is 31.7 Å². The van der Waals surface area contributed by atoms with Gasteiger partial charge in [0.2, 0.25) is 0 Å². The fourth-order valence-corrected chi connectivity index (χ4v) is 4.75. The van der Waals surface area contributed by atoms with Crippen LogP contribution in [0, 0.1) is 6.92 Å². The van der Waals surface area contributed by atoms with E-state index in [2.05, 4.69) is 39.2 Å². The number of aromatic amines is 1. The van der Waals surface area contributed by atoms with Gasteiger partial charge in [0.15, 0.2) is 5.11 Å². The molecule has 0 bridgehead atoms. The number of hydrogen-bond acceptors (Lipinski definition) is 4. The lowest BCUT2D eigenvalue weighted by molar-refractivity contribution is 0.0367. The van der Waals surface area contributed by atoms with Crippen LogP contribution in [0.2, 0.25) is 0 Å². The van der Waals surface area contributed by atoms with Gasteiger partial charge in [0.25, 0.3) is 5.56 Å². The molecular weight excluding hydrogens is 444 g/mol. The summed E-state index contributed by atoms with van der Waals surface area (Å²) in [6.45, 7) is 9.89. The fraction of sp³-hybridized carbons (Fsp3) is 0.407. The third kappa shape index (κ3) is 6.23. The number of para-hydroxylation sites is 1. The maximum absolute atomic E-state index is 12.9. The van der Waals surface area contributed by atoms with Crippen LogP contribution < -0.4 is 10.9 Å². The van der Waals surface area contributed by atoms with Crippen molar-refractivity contribution < 1.29 is 4.74 Å². The molecule has 2 aromatic carbocycles. The molecule has 3 aromatic rings. The van der Waals surface area contributed by atoms with Crippen LogP contribution in [0.15, 0.2) is 59.4 Å². The first-order valence-corrected chi connectivity index (χ1v) is 12.4. The number of nitrogens with one attached hydrogen (secondary N) is 2. The van der Waals surface area contributed by atoms with Crippen molar-refractivity contribution in [1.82, 2.24) is 20.1 Å². The van der Waals surface area contributed by atoms with Gasteiger partial charge in [-0.1, -0.05) is 48.5 Å². The second kappa shape index (κ2) is 11.6. The Balaban J connectivity index is 1.50. The number of hydrogen-bond donors (Lipinski definition) is 2. The van der Waals surface area contributed by atoms with Gasteiger partial charge in [-0.3, -0.25) is 9.69 Å². The van der Waals surface area contributed by atoms with E-state index in [1.807, 2.05) is 49.4 Å². The van der Waals surface area contributed by atoms with Gasteiger partial charge < -0.3 is 19.9 Å². The molecule has 0 unspecified atom stereocenters. The summed E-state index contributed by atoms with van der Waals surface area (Å²) in [4.78, 5) is 20.6. The number of ether oxygens (including phenoxy) is 1. The Morgan fingerprint density at radius 3 is 2.71 bits per heavy atom. The van der Waals surface area contributed by atoms with E-state index in [9.17, 15) is 4.79 Å². The van der Waals surface area contributed by atoms with Crippen LogP contribution in [0.1, 0.15) is 36.1 Å². The van der Waals surface area contributed by atoms with Crippen molar-refractivity contribution in [1.29, 1.82) is 0 Å². The molecule has 6 nitrogen and oxygen atoms in total. The van der Waals surface area contributed by atoms with Crippen LogP contribution >= 0.6 is 12.2 Å². The Labute approximate surface area is 206 Å². The van der Waals surface area contributed by atoms with Gasteiger partial charge in [-0.05, 0) is 55.1 Å². The number of aryl methyl sites for hydroxylation is 1. The van der Waals surface area contributed by atoms with E-state index in [1.165, 1.54) is 5.56 Å². The van der Waals surface area contributed by atoms with Gasteiger partial charge in [0.1, 0.15) is 0 Å². The van der Waals surface area contributed by atoms with Gasteiger partial charge in [-0.15, -0.1) is 0 Å². The number of H-pyrrole nitrogens is 1. The maximum atomic E-state index is 12.9. The highest BCUT2D eigenvalue weighted by Gasteiger charge is 2.17. The third-order valence-corrected chi connectivity index (χ3v) is 6.84. The number of thiocarbonyl (C=S) groups is 1. The lowest BCUT2D eigenvalue weighted by Gasteiger charge is -2.30. The molecule has 180 valence electrons. The normalized spacial score (nSPS) is 15.2. The number of fused-ring (bicyclic) bond motifs is 1. The molecule has 1 fully saturated rings. The minimum atomic E-state index is -0.0566. The van der Waals surface area contributed by atoms with E-state index in [0.717, 1.165) is 67.8 Å². The van der Waals surface area contributed by atoms with E-state index in [1.54, 1.807) is 0 Å². The largest absolute Gasteiger partial charge is 0.379 e. The SMILES string of the molecule is Cc1cccc2cc(CN(CCCN3CCOCC3)C(=S)N[C@@H](C)c3ccccc3)c(=O)[nH]c12. The highest BCUT2D eigenvalue weighted by atomic mass is 32.1. The molecule has 1 aliphatic heterocycles. The molecule has 34 heavy (non-hydrogen) atoms. The molecule has 1 atom stereocenters. The number of aromatic nitrogens is 1. The Kier molecular flexibility index (Phi) is 8.32. The highest BCUT2D eigenvalue weighted by molar-refractivity contribution is 7.80. The number of pyridine rings is 1. The minimum Gasteiger partial charge on any atom is -0.379 e. The number of benzene rings is 2. The van der Waals surface area contributed by atoms with Crippen molar-refractivity contribution in [3.05, 3.63) is 81.6 Å². The average Bonchev–Trinajstić information content (AvgIpc) is 2.85. The first kappa shape index (κ1) is 24.4. The first-order valence-electron chi connectivity index (χ1n) is 12.0. The molecule has 0 amide bonds. The number of morpholine rings is 1. The standard InChI is InChI=1S/C27H34N4O2S/c1-20-8-6-11-23-18-24(26(32)29-25(20)23)19-31(13-7-12-30-14-16-33-17-15-30)27(34)28-21(2)22-9-4-3-5-10-22/h3-6,8-11,18,21H,7,12-17,19H2,1-2H3,(H,28,34)(H,29,32)/t21-/m0/s1. The Morgan fingerprint density at radius 1 is 1.18 bits per heavy atom. The number of rotatable bonds is 8. The summed E-state index contributed by atoms with van der Waals surface area (Å²) in [7, 11) is 0. The van der Waals surface area contributed by atoms with Crippen molar-refractivity contribution in [2.45, 2.75) is 32.9 Å². The van der Waals surface area contributed by atoms with Crippen LogP contribution in [-0.2, 0) is 11.3 Å². The van der Waals surface area contributed by atoms with Crippen LogP contribution in [0.3, 0.4) is 0 Å². The van der Waals surface area contributed by atoms with E-state index in [4.69, 9.17) is 17.0 Å². The first-order chi connectivity index (χ1) is 16.5. The van der Waals surface area contributed by atoms with E-state index < -0.39 is 0 Å². The molecular formula is C27H34N4O2S. The Hall–Kier alpha value is -2.74. The van der Waals surface area contributed by atoms with E-state index in [0.29, 0.717) is 11.7 Å². The lowest BCUT2D eigenvalue weighted by atomic mass is 10.1. The zero-order valence-electron chi connectivity index (χ0n) is 20.0. The third-order valence-electron chi connectivity index (χ3n) is 6.46. The highest BCUT2D eigenvalue weighted by Crippen LogP contribution is 2.17. The molecule has 4 rings (SSSR count). The molecule has 0 spiro atoms. The molecule has 2 heterocycles. The Morgan fingerprint density at radius 2 is 1.94 bits per heavy atom. The lowest BCUT2D eigenvalue weighted by Crippen LogP contribution is -2.43. The molecule has 0 radical (unpaired) electrons. The van der Waals surface area contributed by atoms with Gasteiger partial charge in [-0.25, -0.2) is 0 Å². The second-order valence-electron chi connectivity index (χ2n) is 8.97. The summed E-state index contributed by atoms with van der Waals surface area (Å²) in [5.41, 5.74) is 3.81. The zero-order chi connectivity index (χ0) is 23.9. The molecule has 1 aliphatic rings. The molecule has 7 heteroatoms. The van der Waals surface area contributed by atoms with E-state index in [-0.39, 0.29) is 11.6 Å². The fourth-order valence-electron chi connectivity index (χ4n) is 4.42. The summed E-state index contributed by atoms with van der Waals surface area (Å²) >= 11 is 5.85.